The van der Waals surface area contributed by atoms with Crippen LogP contribution in [0.5, 0.6) is 0 Å². The molecule has 4 heteroatoms. The van der Waals surface area contributed by atoms with Gasteiger partial charge in [-0.3, -0.25) is 4.79 Å². The molecule has 0 rings (SSSR count). The number of ether oxygens (including phenoxy) is 1. The Labute approximate surface area is 87.0 Å². The van der Waals surface area contributed by atoms with Crippen molar-refractivity contribution < 1.29 is 13.9 Å². The fourth-order valence-corrected chi connectivity index (χ4v) is 1.38. The number of carbonyl (C=O) groups is 1. The molecule has 0 fully saturated rings. The van der Waals surface area contributed by atoms with Crippen molar-refractivity contribution >= 4 is 21.9 Å². The Balaban J connectivity index is 3.56. The van der Waals surface area contributed by atoms with E-state index in [0.717, 1.165) is 19.3 Å². The van der Waals surface area contributed by atoms with Gasteiger partial charge in [0, 0.05) is 6.92 Å². The predicted molar refractivity (Wildman–Crippen MR) is 53.5 cm³/mol. The highest BCUT2D eigenvalue weighted by atomic mass is 79.9. The Bertz CT molecular complexity index is 153. The van der Waals surface area contributed by atoms with Crippen molar-refractivity contribution in [1.82, 2.24) is 0 Å². The van der Waals surface area contributed by atoms with Crippen molar-refractivity contribution in [2.45, 2.75) is 50.7 Å². The monoisotopic (exact) mass is 254 g/mol. The molecule has 0 bridgehead atoms. The van der Waals surface area contributed by atoms with Crippen molar-refractivity contribution in [2.75, 3.05) is 0 Å². The smallest absolute Gasteiger partial charge is 0.305 e. The lowest BCUT2D eigenvalue weighted by molar-refractivity contribution is -0.154. The molecular formula is C9H16BrFO2. The van der Waals surface area contributed by atoms with E-state index in [1.807, 2.05) is 0 Å². The second-order valence-electron chi connectivity index (χ2n) is 2.97. The summed E-state index contributed by atoms with van der Waals surface area (Å²) >= 11 is 3.15. The Hall–Kier alpha value is -0.120. The summed E-state index contributed by atoms with van der Waals surface area (Å²) in [6.45, 7) is 3.29. The molecule has 0 aliphatic heterocycles. The first kappa shape index (κ1) is 12.9. The first-order valence-electron chi connectivity index (χ1n) is 4.53. The molecule has 0 radical (unpaired) electrons. The van der Waals surface area contributed by atoms with E-state index in [4.69, 9.17) is 0 Å². The summed E-state index contributed by atoms with van der Waals surface area (Å²) in [4.78, 5) is 10.0. The van der Waals surface area contributed by atoms with Crippen LogP contribution in [-0.2, 0) is 9.53 Å². The molecule has 0 aromatic rings. The van der Waals surface area contributed by atoms with E-state index in [2.05, 4.69) is 27.6 Å². The molecule has 2 atom stereocenters. The van der Waals surface area contributed by atoms with Crippen molar-refractivity contribution in [3.63, 3.8) is 0 Å². The summed E-state index contributed by atoms with van der Waals surface area (Å²) in [7, 11) is 0. The van der Waals surface area contributed by atoms with Crippen LogP contribution in [0, 0.1) is 0 Å². The lowest BCUT2D eigenvalue weighted by Crippen LogP contribution is -2.21. The third-order valence-corrected chi connectivity index (χ3v) is 2.52. The molecular weight excluding hydrogens is 239 g/mol. The molecule has 2 unspecified atom stereocenters. The van der Waals surface area contributed by atoms with Gasteiger partial charge in [0.15, 0.2) is 0 Å². The molecule has 0 aliphatic carbocycles. The van der Waals surface area contributed by atoms with Gasteiger partial charge in [-0.05, 0) is 6.42 Å². The number of hydrogen-bond acceptors (Lipinski definition) is 2. The molecule has 0 spiro atoms. The molecule has 0 aromatic carbocycles. The Kier molecular flexibility index (Phi) is 7.23. The highest BCUT2D eigenvalue weighted by Crippen LogP contribution is 2.18. The number of esters is 1. The number of unbranched alkanes of at least 4 members (excludes halogenated alkanes) is 2. The fourth-order valence-electron chi connectivity index (χ4n) is 0.953. The SMILES string of the molecule is CCCCCC(Br)C(F)OC(C)=O. The average Bonchev–Trinajstić information content (AvgIpc) is 2.03. The number of carbonyl (C=O) groups excluding carboxylic acids is 1. The molecule has 2 nitrogen and oxygen atoms in total. The van der Waals surface area contributed by atoms with Crippen LogP contribution in [-0.4, -0.2) is 17.2 Å². The first-order valence-corrected chi connectivity index (χ1v) is 5.44. The summed E-state index contributed by atoms with van der Waals surface area (Å²) in [6.07, 6.45) is 2.31. The lowest BCUT2D eigenvalue weighted by Gasteiger charge is -2.14. The van der Waals surface area contributed by atoms with Crippen LogP contribution in [0.25, 0.3) is 0 Å². The second kappa shape index (κ2) is 7.30. The molecule has 0 saturated heterocycles. The van der Waals surface area contributed by atoms with Crippen LogP contribution in [0.15, 0.2) is 0 Å². The zero-order valence-electron chi connectivity index (χ0n) is 8.06. The van der Waals surface area contributed by atoms with E-state index in [0.29, 0.717) is 6.42 Å². The van der Waals surface area contributed by atoms with E-state index in [1.165, 1.54) is 6.92 Å². The number of halogens is 2. The fraction of sp³-hybridized carbons (Fsp3) is 0.889. The molecule has 0 saturated carbocycles. The molecule has 0 N–H and O–H groups in total. The standard InChI is InChI=1S/C9H16BrFO2/c1-3-4-5-6-8(10)9(11)13-7(2)12/h8-9H,3-6H2,1-2H3. The minimum absolute atomic E-state index is 0.372. The maximum atomic E-state index is 13.0. The summed E-state index contributed by atoms with van der Waals surface area (Å²) < 4.78 is 17.4. The van der Waals surface area contributed by atoms with Gasteiger partial charge in [0.25, 0.3) is 6.36 Å². The highest BCUT2D eigenvalue weighted by Gasteiger charge is 2.19. The van der Waals surface area contributed by atoms with Gasteiger partial charge >= 0.3 is 5.97 Å². The zero-order valence-corrected chi connectivity index (χ0v) is 9.64. The van der Waals surface area contributed by atoms with Gasteiger partial charge in [0.2, 0.25) is 0 Å². The maximum Gasteiger partial charge on any atom is 0.305 e. The number of hydrogen-bond donors (Lipinski definition) is 0. The van der Waals surface area contributed by atoms with Crippen LogP contribution in [0.2, 0.25) is 0 Å². The maximum absolute atomic E-state index is 13.0. The van der Waals surface area contributed by atoms with E-state index >= 15 is 0 Å². The van der Waals surface area contributed by atoms with Gasteiger partial charge in [0.1, 0.15) is 0 Å². The minimum atomic E-state index is -1.52. The van der Waals surface area contributed by atoms with Crippen molar-refractivity contribution in [3.8, 4) is 0 Å². The van der Waals surface area contributed by atoms with Gasteiger partial charge < -0.3 is 4.74 Å². The number of rotatable bonds is 6. The van der Waals surface area contributed by atoms with Crippen molar-refractivity contribution in [1.29, 1.82) is 0 Å². The average molecular weight is 255 g/mol. The van der Waals surface area contributed by atoms with Crippen LogP contribution in [0.4, 0.5) is 4.39 Å². The minimum Gasteiger partial charge on any atom is -0.430 e. The van der Waals surface area contributed by atoms with Crippen LogP contribution in [0.3, 0.4) is 0 Å². The largest absolute Gasteiger partial charge is 0.430 e. The summed E-state index contributed by atoms with van der Waals surface area (Å²) in [6, 6.07) is 0. The predicted octanol–water partition coefficient (Wildman–Crippen LogP) is 3.19. The molecule has 13 heavy (non-hydrogen) atoms. The summed E-state index contributed by atoms with van der Waals surface area (Å²) in [5, 5.41) is 0. The Morgan fingerprint density at radius 3 is 2.62 bits per heavy atom. The van der Waals surface area contributed by atoms with E-state index < -0.39 is 12.3 Å². The Morgan fingerprint density at radius 1 is 1.54 bits per heavy atom. The summed E-state index contributed by atoms with van der Waals surface area (Å²) in [5.74, 6) is -0.576. The van der Waals surface area contributed by atoms with Crippen molar-refractivity contribution in [2.24, 2.45) is 0 Å². The van der Waals surface area contributed by atoms with Crippen LogP contribution < -0.4 is 0 Å². The van der Waals surface area contributed by atoms with Gasteiger partial charge in [-0.2, -0.15) is 0 Å². The van der Waals surface area contributed by atoms with Crippen LogP contribution in [0.1, 0.15) is 39.5 Å². The Morgan fingerprint density at radius 2 is 2.15 bits per heavy atom. The van der Waals surface area contributed by atoms with E-state index in [9.17, 15) is 9.18 Å². The molecule has 0 amide bonds. The molecule has 0 heterocycles. The van der Waals surface area contributed by atoms with Gasteiger partial charge in [-0.1, -0.05) is 42.1 Å². The normalized spacial score (nSPS) is 15.1. The first-order chi connectivity index (χ1) is 6.07. The van der Waals surface area contributed by atoms with Gasteiger partial charge in [0.05, 0.1) is 4.83 Å². The third-order valence-electron chi connectivity index (χ3n) is 1.65. The topological polar surface area (TPSA) is 26.3 Å². The van der Waals surface area contributed by atoms with Crippen molar-refractivity contribution in [3.05, 3.63) is 0 Å². The zero-order chi connectivity index (χ0) is 10.3. The molecule has 0 aromatic heterocycles. The summed E-state index contributed by atoms with van der Waals surface area (Å²) in [5.41, 5.74) is 0. The van der Waals surface area contributed by atoms with E-state index in [1.54, 1.807) is 0 Å². The van der Waals surface area contributed by atoms with Gasteiger partial charge in [-0.15, -0.1) is 0 Å². The molecule has 0 aliphatic rings. The highest BCUT2D eigenvalue weighted by molar-refractivity contribution is 9.09. The third kappa shape index (κ3) is 6.99. The van der Waals surface area contributed by atoms with E-state index in [-0.39, 0.29) is 4.83 Å². The quantitative estimate of drug-likeness (QED) is 0.414. The molecule has 78 valence electrons. The number of alkyl halides is 2. The van der Waals surface area contributed by atoms with Crippen LogP contribution >= 0.6 is 15.9 Å². The second-order valence-corrected chi connectivity index (χ2v) is 4.15. The lowest BCUT2D eigenvalue weighted by atomic mass is 10.1. The van der Waals surface area contributed by atoms with Gasteiger partial charge in [-0.25, -0.2) is 4.39 Å².